The highest BCUT2D eigenvalue weighted by Gasteiger charge is 2.19. The monoisotopic (exact) mass is 358 g/mol. The number of aliphatic imine (C=N–C) groups is 1. The number of guanidine groups is 1. The number of nitrogens with one attached hydrogen (secondary N) is 2. The molecule has 5 nitrogen and oxygen atoms in total. The molecule has 1 amide bonds. The second-order valence-electron chi connectivity index (χ2n) is 7.52. The molecule has 1 aromatic carbocycles. The van der Waals surface area contributed by atoms with Crippen LogP contribution in [0.5, 0.6) is 0 Å². The van der Waals surface area contributed by atoms with E-state index in [4.69, 9.17) is 4.99 Å². The molecule has 2 rings (SSSR count). The number of carbonyl (C=O) groups is 1. The van der Waals surface area contributed by atoms with E-state index in [-0.39, 0.29) is 5.91 Å². The SMILES string of the molecule is CCNC(=NCCc1cccc(C(=O)N(C)C)c1)NC1CCCC(C)C1. The number of nitrogens with zero attached hydrogens (tertiary/aromatic N) is 2. The Morgan fingerprint density at radius 1 is 1.31 bits per heavy atom. The van der Waals surface area contributed by atoms with E-state index in [1.807, 2.05) is 18.2 Å². The fourth-order valence-electron chi connectivity index (χ4n) is 3.49. The van der Waals surface area contributed by atoms with Crippen LogP contribution in [0.2, 0.25) is 0 Å². The van der Waals surface area contributed by atoms with Crippen molar-refractivity contribution in [3.8, 4) is 0 Å². The van der Waals surface area contributed by atoms with Gasteiger partial charge in [-0.2, -0.15) is 0 Å². The van der Waals surface area contributed by atoms with Crippen LogP contribution in [0.4, 0.5) is 0 Å². The summed E-state index contributed by atoms with van der Waals surface area (Å²) in [5, 5.41) is 6.95. The maximum absolute atomic E-state index is 12.1. The van der Waals surface area contributed by atoms with Crippen LogP contribution >= 0.6 is 0 Å². The molecule has 1 aliphatic rings. The first kappa shape index (κ1) is 20.3. The summed E-state index contributed by atoms with van der Waals surface area (Å²) in [5.74, 6) is 1.74. The quantitative estimate of drug-likeness (QED) is 0.607. The van der Waals surface area contributed by atoms with Crippen LogP contribution in [-0.2, 0) is 6.42 Å². The number of hydrogen-bond acceptors (Lipinski definition) is 2. The summed E-state index contributed by atoms with van der Waals surface area (Å²) in [6.45, 7) is 6.00. The smallest absolute Gasteiger partial charge is 0.253 e. The van der Waals surface area contributed by atoms with Crippen LogP contribution in [0.15, 0.2) is 29.3 Å². The normalized spacial score (nSPS) is 20.5. The largest absolute Gasteiger partial charge is 0.357 e. The molecule has 2 N–H and O–H groups in total. The minimum Gasteiger partial charge on any atom is -0.357 e. The molecule has 0 aromatic heterocycles. The lowest BCUT2D eigenvalue weighted by molar-refractivity contribution is 0.0827. The van der Waals surface area contributed by atoms with Crippen LogP contribution in [0.3, 0.4) is 0 Å². The lowest BCUT2D eigenvalue weighted by atomic mass is 9.87. The molecule has 26 heavy (non-hydrogen) atoms. The van der Waals surface area contributed by atoms with E-state index in [2.05, 4.69) is 30.5 Å². The Bertz CT molecular complexity index is 612. The molecule has 2 unspecified atom stereocenters. The van der Waals surface area contributed by atoms with Crippen molar-refractivity contribution in [2.45, 2.75) is 52.0 Å². The lowest BCUT2D eigenvalue weighted by Crippen LogP contribution is -2.45. The van der Waals surface area contributed by atoms with E-state index >= 15 is 0 Å². The third-order valence-electron chi connectivity index (χ3n) is 4.87. The molecule has 2 atom stereocenters. The Labute approximate surface area is 158 Å². The molecule has 0 heterocycles. The van der Waals surface area contributed by atoms with Gasteiger partial charge in [0.2, 0.25) is 0 Å². The van der Waals surface area contributed by atoms with Crippen molar-refractivity contribution >= 4 is 11.9 Å². The van der Waals surface area contributed by atoms with Crippen LogP contribution < -0.4 is 10.6 Å². The topological polar surface area (TPSA) is 56.7 Å². The van der Waals surface area contributed by atoms with Gasteiger partial charge in [0.1, 0.15) is 0 Å². The number of benzene rings is 1. The van der Waals surface area contributed by atoms with Gasteiger partial charge in [-0.05, 0) is 49.8 Å². The van der Waals surface area contributed by atoms with Gasteiger partial charge in [0.05, 0.1) is 0 Å². The number of carbonyl (C=O) groups excluding carboxylic acids is 1. The summed E-state index contributed by atoms with van der Waals surface area (Å²) in [6.07, 6.45) is 5.91. The van der Waals surface area contributed by atoms with Gasteiger partial charge in [-0.25, -0.2) is 0 Å². The minimum absolute atomic E-state index is 0.0387. The van der Waals surface area contributed by atoms with Gasteiger partial charge in [0, 0.05) is 38.8 Å². The molecule has 1 saturated carbocycles. The Morgan fingerprint density at radius 2 is 2.12 bits per heavy atom. The summed E-state index contributed by atoms with van der Waals surface area (Å²) in [4.78, 5) is 18.4. The van der Waals surface area contributed by atoms with Gasteiger partial charge >= 0.3 is 0 Å². The Hall–Kier alpha value is -2.04. The number of rotatable bonds is 6. The van der Waals surface area contributed by atoms with Gasteiger partial charge in [-0.15, -0.1) is 0 Å². The van der Waals surface area contributed by atoms with Gasteiger partial charge in [-0.1, -0.05) is 31.9 Å². The summed E-state index contributed by atoms with van der Waals surface area (Å²) < 4.78 is 0. The van der Waals surface area contributed by atoms with Crippen molar-refractivity contribution in [1.82, 2.24) is 15.5 Å². The summed E-state index contributed by atoms with van der Waals surface area (Å²) in [5.41, 5.74) is 1.88. The van der Waals surface area contributed by atoms with Crippen molar-refractivity contribution < 1.29 is 4.79 Å². The van der Waals surface area contributed by atoms with E-state index in [0.29, 0.717) is 12.6 Å². The van der Waals surface area contributed by atoms with E-state index in [1.165, 1.54) is 25.7 Å². The molecule has 5 heteroatoms. The molecule has 1 fully saturated rings. The van der Waals surface area contributed by atoms with Crippen LogP contribution in [0, 0.1) is 5.92 Å². The van der Waals surface area contributed by atoms with Crippen molar-refractivity contribution in [3.63, 3.8) is 0 Å². The molecule has 1 aliphatic carbocycles. The Balaban J connectivity index is 1.93. The predicted molar refractivity (Wildman–Crippen MR) is 109 cm³/mol. The molecule has 144 valence electrons. The second kappa shape index (κ2) is 10.2. The molecule has 0 saturated heterocycles. The van der Waals surface area contributed by atoms with Gasteiger partial charge in [-0.3, -0.25) is 9.79 Å². The highest BCUT2D eigenvalue weighted by atomic mass is 16.2. The van der Waals surface area contributed by atoms with Crippen LogP contribution in [0.1, 0.15) is 55.5 Å². The van der Waals surface area contributed by atoms with Crippen molar-refractivity contribution in [2.24, 2.45) is 10.9 Å². The summed E-state index contributed by atoms with van der Waals surface area (Å²) >= 11 is 0. The molecule has 0 spiro atoms. The zero-order valence-electron chi connectivity index (χ0n) is 16.7. The van der Waals surface area contributed by atoms with Gasteiger partial charge in [0.25, 0.3) is 5.91 Å². The highest BCUT2D eigenvalue weighted by Crippen LogP contribution is 2.23. The first-order valence-corrected chi connectivity index (χ1v) is 9.85. The van der Waals surface area contributed by atoms with E-state index in [1.54, 1.807) is 19.0 Å². The summed E-state index contributed by atoms with van der Waals surface area (Å²) in [7, 11) is 3.56. The Kier molecular flexibility index (Phi) is 7.95. The first-order chi connectivity index (χ1) is 12.5. The number of hydrogen-bond donors (Lipinski definition) is 2. The zero-order valence-corrected chi connectivity index (χ0v) is 16.7. The van der Waals surface area contributed by atoms with Crippen molar-refractivity contribution in [1.29, 1.82) is 0 Å². The maximum atomic E-state index is 12.1. The Morgan fingerprint density at radius 3 is 2.81 bits per heavy atom. The first-order valence-electron chi connectivity index (χ1n) is 9.85. The lowest BCUT2D eigenvalue weighted by Gasteiger charge is -2.28. The summed E-state index contributed by atoms with van der Waals surface area (Å²) in [6, 6.07) is 8.37. The van der Waals surface area contributed by atoms with Crippen LogP contribution in [-0.4, -0.2) is 50.0 Å². The predicted octanol–water partition coefficient (Wildman–Crippen LogP) is 3.06. The maximum Gasteiger partial charge on any atom is 0.253 e. The molecule has 0 aliphatic heterocycles. The highest BCUT2D eigenvalue weighted by molar-refractivity contribution is 5.94. The fourth-order valence-corrected chi connectivity index (χ4v) is 3.49. The molecular formula is C21H34N4O. The van der Waals surface area contributed by atoms with E-state index in [0.717, 1.165) is 36.0 Å². The number of amides is 1. The van der Waals surface area contributed by atoms with Gasteiger partial charge < -0.3 is 15.5 Å². The standard InChI is InChI=1S/C21H34N4O/c1-5-22-21(24-19-11-6-8-16(2)14-19)23-13-12-17-9-7-10-18(15-17)20(26)25(3)4/h7,9-10,15-16,19H,5-6,8,11-14H2,1-4H3,(H2,22,23,24). The molecule has 1 aromatic rings. The molecular weight excluding hydrogens is 324 g/mol. The second-order valence-corrected chi connectivity index (χ2v) is 7.52. The van der Waals surface area contributed by atoms with Gasteiger partial charge in [0.15, 0.2) is 5.96 Å². The van der Waals surface area contributed by atoms with Crippen LogP contribution in [0.25, 0.3) is 0 Å². The van der Waals surface area contributed by atoms with E-state index in [9.17, 15) is 4.79 Å². The fraction of sp³-hybridized carbons (Fsp3) is 0.619. The average molecular weight is 359 g/mol. The average Bonchev–Trinajstić information content (AvgIpc) is 2.61. The molecule has 0 radical (unpaired) electrons. The van der Waals surface area contributed by atoms with Crippen molar-refractivity contribution in [3.05, 3.63) is 35.4 Å². The van der Waals surface area contributed by atoms with E-state index < -0.39 is 0 Å². The van der Waals surface area contributed by atoms with Crippen molar-refractivity contribution in [2.75, 3.05) is 27.2 Å². The third-order valence-corrected chi connectivity index (χ3v) is 4.87. The third kappa shape index (κ3) is 6.36. The minimum atomic E-state index is 0.0387. The zero-order chi connectivity index (χ0) is 18.9. The molecule has 0 bridgehead atoms.